The van der Waals surface area contributed by atoms with Gasteiger partial charge in [0.15, 0.2) is 0 Å². The topological polar surface area (TPSA) is 38.3 Å². The Kier molecular flexibility index (Phi) is 8.02. The van der Waals surface area contributed by atoms with Gasteiger partial charge >= 0.3 is 5.97 Å². The van der Waals surface area contributed by atoms with Gasteiger partial charge < -0.3 is 10.1 Å². The molecule has 29 heavy (non-hydrogen) atoms. The van der Waals surface area contributed by atoms with E-state index in [4.69, 9.17) is 4.74 Å². The average Bonchev–Trinajstić information content (AvgIpc) is 2.77. The highest BCUT2D eigenvalue weighted by atomic mass is 16.5. The molecule has 0 fully saturated rings. The quantitative estimate of drug-likeness (QED) is 0.474. The predicted molar refractivity (Wildman–Crippen MR) is 119 cm³/mol. The molecule has 3 nitrogen and oxygen atoms in total. The van der Waals surface area contributed by atoms with E-state index in [1.54, 1.807) is 0 Å². The number of benzene rings is 3. The fourth-order valence-electron chi connectivity index (χ4n) is 3.39. The molecule has 0 radical (unpaired) electrons. The highest BCUT2D eigenvalue weighted by Crippen LogP contribution is 2.19. The second kappa shape index (κ2) is 11.2. The summed E-state index contributed by atoms with van der Waals surface area (Å²) in [6.07, 6.45) is 2.22. The third-order valence-electron chi connectivity index (χ3n) is 5.00. The van der Waals surface area contributed by atoms with Gasteiger partial charge in [0.1, 0.15) is 0 Å². The first-order valence-electron chi connectivity index (χ1n) is 10.3. The summed E-state index contributed by atoms with van der Waals surface area (Å²) in [6, 6.07) is 29.4. The molecule has 0 aromatic heterocycles. The van der Waals surface area contributed by atoms with Crippen LogP contribution in [0.2, 0.25) is 0 Å². The highest BCUT2D eigenvalue weighted by molar-refractivity contribution is 5.70. The molecule has 0 saturated heterocycles. The van der Waals surface area contributed by atoms with Crippen molar-refractivity contribution in [1.29, 1.82) is 0 Å². The van der Waals surface area contributed by atoms with E-state index in [0.29, 0.717) is 13.0 Å². The van der Waals surface area contributed by atoms with E-state index >= 15 is 0 Å². The third kappa shape index (κ3) is 6.88. The molecule has 0 saturated carbocycles. The van der Waals surface area contributed by atoms with Crippen LogP contribution in [0.5, 0.6) is 0 Å². The predicted octanol–water partition coefficient (Wildman–Crippen LogP) is 5.40. The first-order chi connectivity index (χ1) is 14.2. The van der Waals surface area contributed by atoms with E-state index < -0.39 is 0 Å². The summed E-state index contributed by atoms with van der Waals surface area (Å²) in [5.74, 6) is -0.141. The van der Waals surface area contributed by atoms with Crippen LogP contribution >= 0.6 is 0 Å². The van der Waals surface area contributed by atoms with E-state index in [2.05, 4.69) is 78.1 Å². The first-order valence-corrected chi connectivity index (χ1v) is 10.3. The van der Waals surface area contributed by atoms with Gasteiger partial charge in [-0.15, -0.1) is 0 Å². The molecule has 3 aromatic rings. The van der Waals surface area contributed by atoms with Crippen molar-refractivity contribution in [3.8, 4) is 11.1 Å². The number of hydrogen-bond donors (Lipinski definition) is 1. The molecular weight excluding hydrogens is 358 g/mol. The Morgan fingerprint density at radius 1 is 0.828 bits per heavy atom. The van der Waals surface area contributed by atoms with Crippen molar-refractivity contribution in [2.24, 2.45) is 0 Å². The van der Waals surface area contributed by atoms with Crippen molar-refractivity contribution in [3.05, 3.63) is 96.1 Å². The maximum Gasteiger partial charge on any atom is 0.307 e. The summed E-state index contributed by atoms with van der Waals surface area (Å²) < 4.78 is 5.16. The molecule has 0 heterocycles. The molecule has 0 aliphatic carbocycles. The van der Waals surface area contributed by atoms with Crippen molar-refractivity contribution in [2.45, 2.75) is 38.8 Å². The number of rotatable bonds is 10. The van der Waals surface area contributed by atoms with Gasteiger partial charge in [-0.3, -0.25) is 4.79 Å². The third-order valence-corrected chi connectivity index (χ3v) is 5.00. The molecule has 3 rings (SSSR count). The van der Waals surface area contributed by atoms with Gasteiger partial charge in [-0.2, -0.15) is 0 Å². The monoisotopic (exact) mass is 387 g/mol. The van der Waals surface area contributed by atoms with Crippen LogP contribution in [0.3, 0.4) is 0 Å². The Morgan fingerprint density at radius 2 is 1.45 bits per heavy atom. The smallest absolute Gasteiger partial charge is 0.307 e. The fraction of sp³-hybridized carbons (Fsp3) is 0.269. The van der Waals surface area contributed by atoms with Gasteiger partial charge in [0, 0.05) is 12.6 Å². The molecule has 0 aliphatic rings. The van der Waals surface area contributed by atoms with E-state index in [1.165, 1.54) is 22.3 Å². The van der Waals surface area contributed by atoms with Crippen molar-refractivity contribution < 1.29 is 9.53 Å². The van der Waals surface area contributed by atoms with Gasteiger partial charge in [-0.25, -0.2) is 0 Å². The zero-order valence-corrected chi connectivity index (χ0v) is 17.0. The van der Waals surface area contributed by atoms with Crippen molar-refractivity contribution in [1.82, 2.24) is 5.32 Å². The number of nitrogens with one attached hydrogen (secondary N) is 1. The number of hydrogen-bond acceptors (Lipinski definition) is 3. The summed E-state index contributed by atoms with van der Waals surface area (Å²) in [4.78, 5) is 12.0. The second-order valence-corrected chi connectivity index (χ2v) is 7.17. The zero-order valence-electron chi connectivity index (χ0n) is 17.0. The number of ether oxygens (including phenoxy) is 1. The summed E-state index contributed by atoms with van der Waals surface area (Å²) in [5.41, 5.74) is 4.92. The van der Waals surface area contributed by atoms with Crippen molar-refractivity contribution in [3.63, 3.8) is 0 Å². The number of carbonyl (C=O) groups is 1. The molecule has 3 heteroatoms. The van der Waals surface area contributed by atoms with Crippen LogP contribution in [0.15, 0.2) is 84.9 Å². The number of carbonyl (C=O) groups excluding carboxylic acids is 1. The van der Waals surface area contributed by atoms with Crippen LogP contribution in [0.1, 0.15) is 30.9 Å². The van der Waals surface area contributed by atoms with Crippen LogP contribution in [-0.4, -0.2) is 18.6 Å². The van der Waals surface area contributed by atoms with Crippen LogP contribution in [0, 0.1) is 0 Å². The van der Waals surface area contributed by atoms with Crippen LogP contribution in [-0.2, 0) is 22.5 Å². The van der Waals surface area contributed by atoms with E-state index in [9.17, 15) is 4.79 Å². The van der Waals surface area contributed by atoms with Gasteiger partial charge in [-0.1, -0.05) is 84.9 Å². The van der Waals surface area contributed by atoms with E-state index in [0.717, 1.165) is 19.4 Å². The summed E-state index contributed by atoms with van der Waals surface area (Å²) in [7, 11) is 0. The van der Waals surface area contributed by atoms with Crippen LogP contribution in [0.25, 0.3) is 11.1 Å². The molecular formula is C26H29NO2. The molecule has 150 valence electrons. The van der Waals surface area contributed by atoms with Crippen molar-refractivity contribution >= 4 is 5.97 Å². The Balaban J connectivity index is 1.58. The van der Waals surface area contributed by atoms with Gasteiger partial charge in [0.25, 0.3) is 0 Å². The molecule has 0 amide bonds. The number of aryl methyl sites for hydroxylation is 1. The van der Waals surface area contributed by atoms with Crippen molar-refractivity contribution in [2.75, 3.05) is 6.61 Å². The lowest BCUT2D eigenvalue weighted by Crippen LogP contribution is -2.32. The number of esters is 1. The largest absolute Gasteiger partial charge is 0.466 e. The Hall–Kier alpha value is -2.91. The Bertz CT molecular complexity index is 860. The normalized spacial score (nSPS) is 11.8. The van der Waals surface area contributed by atoms with Gasteiger partial charge in [0.05, 0.1) is 13.0 Å². The minimum Gasteiger partial charge on any atom is -0.466 e. The Labute approximate surface area is 173 Å². The van der Waals surface area contributed by atoms with Crippen LogP contribution in [0.4, 0.5) is 0 Å². The van der Waals surface area contributed by atoms with Gasteiger partial charge in [0.2, 0.25) is 0 Å². The second-order valence-electron chi connectivity index (χ2n) is 7.17. The summed E-state index contributed by atoms with van der Waals surface area (Å²) in [5, 5.41) is 3.55. The minimum absolute atomic E-state index is 0.0862. The summed E-state index contributed by atoms with van der Waals surface area (Å²) in [6.45, 7) is 3.00. The highest BCUT2D eigenvalue weighted by Gasteiger charge is 2.14. The first kappa shape index (κ1) is 20.8. The molecule has 1 atom stereocenters. The maximum atomic E-state index is 12.0. The zero-order chi connectivity index (χ0) is 20.3. The van der Waals surface area contributed by atoms with E-state index in [-0.39, 0.29) is 12.0 Å². The lowest BCUT2D eigenvalue weighted by Gasteiger charge is -2.18. The molecule has 3 aromatic carbocycles. The molecule has 0 aliphatic heterocycles. The lowest BCUT2D eigenvalue weighted by molar-refractivity contribution is -0.143. The SMILES string of the molecule is CCOC(=O)CC(CCc1ccccc1)NCc1ccc(-c2ccccc2)cc1. The summed E-state index contributed by atoms with van der Waals surface area (Å²) >= 11 is 0. The van der Waals surface area contributed by atoms with Crippen LogP contribution < -0.4 is 5.32 Å². The Morgan fingerprint density at radius 3 is 2.10 bits per heavy atom. The lowest BCUT2D eigenvalue weighted by atomic mass is 10.0. The molecule has 0 spiro atoms. The molecule has 1 N–H and O–H groups in total. The van der Waals surface area contributed by atoms with Gasteiger partial charge in [-0.05, 0) is 42.0 Å². The van der Waals surface area contributed by atoms with E-state index in [1.807, 2.05) is 19.1 Å². The maximum absolute atomic E-state index is 12.0. The standard InChI is InChI=1S/C26H29NO2/c1-2-29-26(28)19-25(18-15-21-9-5-3-6-10-21)27-20-22-13-16-24(17-14-22)23-11-7-4-8-12-23/h3-14,16-17,25,27H,2,15,18-20H2,1H3. The minimum atomic E-state index is -0.141. The average molecular weight is 388 g/mol. The fourth-order valence-corrected chi connectivity index (χ4v) is 3.39. The molecule has 0 bridgehead atoms. The molecule has 1 unspecified atom stereocenters.